The lowest BCUT2D eigenvalue weighted by molar-refractivity contribution is 0.300. The average Bonchev–Trinajstić information content (AvgIpc) is 3.38. The van der Waals surface area contributed by atoms with Crippen LogP contribution < -0.4 is 4.74 Å². The fraction of sp³-hybridized carbons (Fsp3) is 0.233. The van der Waals surface area contributed by atoms with Crippen LogP contribution in [0.1, 0.15) is 49.1 Å². The van der Waals surface area contributed by atoms with Crippen LogP contribution in [0.4, 0.5) is 4.39 Å². The van der Waals surface area contributed by atoms with E-state index < -0.39 is 0 Å². The van der Waals surface area contributed by atoms with Gasteiger partial charge in [0.15, 0.2) is 0 Å². The smallest absolute Gasteiger partial charge is 0.130 e. The van der Waals surface area contributed by atoms with Gasteiger partial charge in [0.05, 0.1) is 17.4 Å². The summed E-state index contributed by atoms with van der Waals surface area (Å²) in [7, 11) is 0. The molecule has 2 aromatic heterocycles. The summed E-state index contributed by atoms with van der Waals surface area (Å²) in [4.78, 5) is 4.72. The van der Waals surface area contributed by atoms with Crippen molar-refractivity contribution in [2.75, 3.05) is 0 Å². The van der Waals surface area contributed by atoms with Crippen molar-refractivity contribution >= 4 is 10.9 Å². The SMILES string of the molecule is Cc1cc(F)cc2ccc(COc3ccc(-c4cn[nH]n4)c(C(c4ccccc4)C(C)(C)C)c3)nc12. The molecule has 0 saturated heterocycles. The molecule has 0 radical (unpaired) electrons. The highest BCUT2D eigenvalue weighted by atomic mass is 19.1. The molecule has 5 nitrogen and oxygen atoms in total. The first-order valence-electron chi connectivity index (χ1n) is 12.0. The highest BCUT2D eigenvalue weighted by molar-refractivity contribution is 5.81. The van der Waals surface area contributed by atoms with Gasteiger partial charge in [-0.15, -0.1) is 0 Å². The number of H-pyrrole nitrogens is 1. The van der Waals surface area contributed by atoms with Crippen LogP contribution in [0.25, 0.3) is 22.2 Å². The first kappa shape index (κ1) is 23.7. The van der Waals surface area contributed by atoms with Crippen molar-refractivity contribution in [2.45, 2.75) is 40.2 Å². The zero-order chi connectivity index (χ0) is 25.3. The third kappa shape index (κ3) is 4.85. The van der Waals surface area contributed by atoms with Gasteiger partial charge in [-0.25, -0.2) is 9.37 Å². The minimum Gasteiger partial charge on any atom is -0.487 e. The molecule has 0 aliphatic carbocycles. The molecule has 0 fully saturated rings. The van der Waals surface area contributed by atoms with Gasteiger partial charge < -0.3 is 4.74 Å². The summed E-state index contributed by atoms with van der Waals surface area (Å²) in [6.45, 7) is 8.91. The second-order valence-electron chi connectivity index (χ2n) is 10.2. The van der Waals surface area contributed by atoms with E-state index in [0.717, 1.165) is 44.7 Å². The molecule has 1 unspecified atom stereocenters. The van der Waals surface area contributed by atoms with Crippen LogP contribution in [0.15, 0.2) is 79.0 Å². The Morgan fingerprint density at radius 2 is 1.78 bits per heavy atom. The van der Waals surface area contributed by atoms with Crippen LogP contribution in [0.2, 0.25) is 0 Å². The number of benzene rings is 3. The highest BCUT2D eigenvalue weighted by Crippen LogP contribution is 2.45. The van der Waals surface area contributed by atoms with Gasteiger partial charge in [0.1, 0.15) is 23.9 Å². The first-order valence-corrected chi connectivity index (χ1v) is 12.0. The molecule has 5 rings (SSSR count). The summed E-state index contributed by atoms with van der Waals surface area (Å²) in [5.41, 5.74) is 6.48. The van der Waals surface area contributed by atoms with Crippen molar-refractivity contribution in [2.24, 2.45) is 5.41 Å². The number of aromatic nitrogens is 4. The number of nitrogens with one attached hydrogen (secondary N) is 1. The van der Waals surface area contributed by atoms with Gasteiger partial charge in [-0.2, -0.15) is 15.4 Å². The van der Waals surface area contributed by atoms with Gasteiger partial charge >= 0.3 is 0 Å². The zero-order valence-corrected chi connectivity index (χ0v) is 20.9. The number of pyridine rings is 1. The molecule has 0 amide bonds. The van der Waals surface area contributed by atoms with E-state index in [1.54, 1.807) is 6.20 Å². The normalized spacial score (nSPS) is 12.6. The second-order valence-corrected chi connectivity index (χ2v) is 10.2. The Balaban J connectivity index is 1.52. The molecule has 0 saturated carbocycles. The molecule has 6 heteroatoms. The maximum Gasteiger partial charge on any atom is 0.130 e. The van der Waals surface area contributed by atoms with Crippen LogP contribution in [-0.4, -0.2) is 20.4 Å². The van der Waals surface area contributed by atoms with Gasteiger partial charge in [0, 0.05) is 16.9 Å². The van der Waals surface area contributed by atoms with Crippen molar-refractivity contribution in [3.05, 3.63) is 107 Å². The topological polar surface area (TPSA) is 63.7 Å². The fourth-order valence-corrected chi connectivity index (χ4v) is 4.87. The van der Waals surface area contributed by atoms with Crippen molar-refractivity contribution in [1.82, 2.24) is 20.4 Å². The number of hydrogen-bond acceptors (Lipinski definition) is 4. The summed E-state index contributed by atoms with van der Waals surface area (Å²) >= 11 is 0. The summed E-state index contributed by atoms with van der Waals surface area (Å²) in [6.07, 6.45) is 1.74. The van der Waals surface area contributed by atoms with Crippen molar-refractivity contribution in [3.8, 4) is 17.0 Å². The third-order valence-electron chi connectivity index (χ3n) is 6.42. The first-order chi connectivity index (χ1) is 17.3. The maximum atomic E-state index is 13.7. The molecule has 2 heterocycles. The Hall–Kier alpha value is -4.06. The molecule has 0 aliphatic heterocycles. The minimum atomic E-state index is -0.252. The standard InChI is InChI=1S/C30H29FN4O/c1-19-14-22(31)15-21-10-11-23(33-29(19)21)18-36-24-12-13-25(27-17-32-35-34-27)26(16-24)28(30(2,3)4)20-8-6-5-7-9-20/h5-17,28H,18H2,1-4H3,(H,32,34,35). The van der Waals surface area contributed by atoms with Crippen LogP contribution in [0.5, 0.6) is 5.75 Å². The van der Waals surface area contributed by atoms with E-state index in [-0.39, 0.29) is 17.2 Å². The number of ether oxygens (including phenoxy) is 1. The Bertz CT molecular complexity index is 1490. The monoisotopic (exact) mass is 480 g/mol. The van der Waals surface area contributed by atoms with E-state index in [4.69, 9.17) is 9.72 Å². The van der Waals surface area contributed by atoms with Crippen LogP contribution in [-0.2, 0) is 6.61 Å². The molecule has 182 valence electrons. The molecule has 0 aliphatic rings. The Labute approximate surface area is 210 Å². The molecule has 1 N–H and O–H groups in total. The van der Waals surface area contributed by atoms with Gasteiger partial charge in [-0.1, -0.05) is 57.2 Å². The number of nitrogens with zero attached hydrogens (tertiary/aromatic N) is 3. The Morgan fingerprint density at radius 3 is 2.50 bits per heavy atom. The van der Waals surface area contributed by atoms with E-state index in [9.17, 15) is 4.39 Å². The molecule has 5 aromatic rings. The number of halogens is 1. The number of aromatic amines is 1. The van der Waals surface area contributed by atoms with E-state index in [2.05, 4.69) is 66.5 Å². The van der Waals surface area contributed by atoms with Gasteiger partial charge in [-0.05, 0) is 65.4 Å². The van der Waals surface area contributed by atoms with Gasteiger partial charge in [0.25, 0.3) is 0 Å². The lowest BCUT2D eigenvalue weighted by Crippen LogP contribution is -2.20. The third-order valence-corrected chi connectivity index (χ3v) is 6.42. The summed E-state index contributed by atoms with van der Waals surface area (Å²) in [5, 5.41) is 11.9. The van der Waals surface area contributed by atoms with E-state index in [0.29, 0.717) is 6.61 Å². The van der Waals surface area contributed by atoms with Crippen LogP contribution in [0.3, 0.4) is 0 Å². The number of fused-ring (bicyclic) bond motifs is 1. The van der Waals surface area contributed by atoms with Crippen LogP contribution in [0, 0.1) is 18.2 Å². The molecule has 0 bridgehead atoms. The predicted molar refractivity (Wildman–Crippen MR) is 140 cm³/mol. The van der Waals surface area contributed by atoms with Crippen molar-refractivity contribution in [1.29, 1.82) is 0 Å². The lowest BCUT2D eigenvalue weighted by atomic mass is 9.71. The molecule has 0 spiro atoms. The van der Waals surface area contributed by atoms with Crippen molar-refractivity contribution in [3.63, 3.8) is 0 Å². The lowest BCUT2D eigenvalue weighted by Gasteiger charge is -2.33. The number of aryl methyl sites for hydroxylation is 1. The summed E-state index contributed by atoms with van der Waals surface area (Å²) in [5.74, 6) is 0.600. The Morgan fingerprint density at radius 1 is 0.972 bits per heavy atom. The van der Waals surface area contributed by atoms with E-state index in [1.165, 1.54) is 17.7 Å². The largest absolute Gasteiger partial charge is 0.487 e. The summed E-state index contributed by atoms with van der Waals surface area (Å²) < 4.78 is 20.0. The second kappa shape index (κ2) is 9.53. The zero-order valence-electron chi connectivity index (χ0n) is 20.9. The molecule has 3 aromatic carbocycles. The number of hydrogen-bond donors (Lipinski definition) is 1. The van der Waals surface area contributed by atoms with Gasteiger partial charge in [-0.3, -0.25) is 0 Å². The van der Waals surface area contributed by atoms with E-state index >= 15 is 0 Å². The molecule has 1 atom stereocenters. The molecular formula is C30H29FN4O. The average molecular weight is 481 g/mol. The quantitative estimate of drug-likeness (QED) is 0.279. The van der Waals surface area contributed by atoms with E-state index in [1.807, 2.05) is 37.3 Å². The highest BCUT2D eigenvalue weighted by Gasteiger charge is 2.31. The summed E-state index contributed by atoms with van der Waals surface area (Å²) in [6, 6.07) is 23.4. The molecule has 36 heavy (non-hydrogen) atoms. The molecular weight excluding hydrogens is 451 g/mol. The Kier molecular flexibility index (Phi) is 6.27. The minimum absolute atomic E-state index is 0.0643. The maximum absolute atomic E-state index is 13.7. The predicted octanol–water partition coefficient (Wildman–Crippen LogP) is 7.22. The van der Waals surface area contributed by atoms with Crippen molar-refractivity contribution < 1.29 is 9.13 Å². The van der Waals surface area contributed by atoms with Crippen LogP contribution >= 0.6 is 0 Å². The fourth-order valence-electron chi connectivity index (χ4n) is 4.87. The number of rotatable bonds is 6. The van der Waals surface area contributed by atoms with Gasteiger partial charge in [0.2, 0.25) is 0 Å².